The van der Waals surface area contributed by atoms with Crippen LogP contribution in [0.3, 0.4) is 0 Å². The molecule has 80 valence electrons. The van der Waals surface area contributed by atoms with Gasteiger partial charge in [-0.05, 0) is 39.5 Å². The molecule has 0 aliphatic heterocycles. The predicted molar refractivity (Wildman–Crippen MR) is 60.2 cm³/mol. The average molecular weight is 186 g/mol. The molecule has 0 amide bonds. The SMILES string of the molecule is CCN(C)CCCCCNC(C)C. The van der Waals surface area contributed by atoms with Crippen molar-refractivity contribution in [2.24, 2.45) is 0 Å². The topological polar surface area (TPSA) is 15.3 Å². The molecule has 0 aliphatic carbocycles. The van der Waals surface area contributed by atoms with Gasteiger partial charge < -0.3 is 10.2 Å². The Morgan fingerprint density at radius 1 is 1.15 bits per heavy atom. The van der Waals surface area contributed by atoms with E-state index in [0.29, 0.717) is 6.04 Å². The highest BCUT2D eigenvalue weighted by Crippen LogP contribution is 1.96. The molecular weight excluding hydrogens is 160 g/mol. The third-order valence-corrected chi connectivity index (χ3v) is 2.31. The molecule has 0 atom stereocenters. The first-order valence-electron chi connectivity index (χ1n) is 5.58. The molecule has 0 saturated carbocycles. The summed E-state index contributed by atoms with van der Waals surface area (Å²) < 4.78 is 0. The van der Waals surface area contributed by atoms with Crippen molar-refractivity contribution in [1.82, 2.24) is 10.2 Å². The van der Waals surface area contributed by atoms with Crippen LogP contribution in [-0.2, 0) is 0 Å². The van der Waals surface area contributed by atoms with Gasteiger partial charge in [-0.3, -0.25) is 0 Å². The minimum absolute atomic E-state index is 0.637. The first kappa shape index (κ1) is 12.9. The Morgan fingerprint density at radius 2 is 1.85 bits per heavy atom. The Labute approximate surface area is 83.7 Å². The standard InChI is InChI=1S/C11H26N2/c1-5-13(4)10-8-6-7-9-12-11(2)3/h11-12H,5-10H2,1-4H3. The fourth-order valence-electron chi connectivity index (χ4n) is 1.23. The van der Waals surface area contributed by atoms with Gasteiger partial charge in [-0.15, -0.1) is 0 Å². The Kier molecular flexibility index (Phi) is 8.46. The van der Waals surface area contributed by atoms with Crippen molar-refractivity contribution >= 4 is 0 Å². The van der Waals surface area contributed by atoms with Crippen LogP contribution in [0.2, 0.25) is 0 Å². The molecule has 0 heterocycles. The van der Waals surface area contributed by atoms with Crippen molar-refractivity contribution in [2.45, 2.75) is 46.1 Å². The summed E-state index contributed by atoms with van der Waals surface area (Å²) in [6.07, 6.45) is 4.00. The second kappa shape index (κ2) is 8.52. The van der Waals surface area contributed by atoms with E-state index in [9.17, 15) is 0 Å². The lowest BCUT2D eigenvalue weighted by Crippen LogP contribution is -2.24. The van der Waals surface area contributed by atoms with Gasteiger partial charge in [0.25, 0.3) is 0 Å². The fourth-order valence-corrected chi connectivity index (χ4v) is 1.23. The van der Waals surface area contributed by atoms with E-state index in [-0.39, 0.29) is 0 Å². The largest absolute Gasteiger partial charge is 0.315 e. The maximum atomic E-state index is 3.43. The van der Waals surface area contributed by atoms with E-state index in [1.54, 1.807) is 0 Å². The highest BCUT2D eigenvalue weighted by atomic mass is 15.1. The zero-order chi connectivity index (χ0) is 10.1. The molecule has 0 radical (unpaired) electrons. The van der Waals surface area contributed by atoms with Crippen LogP contribution in [0, 0.1) is 0 Å². The molecule has 1 N–H and O–H groups in total. The number of nitrogens with one attached hydrogen (secondary N) is 1. The van der Waals surface area contributed by atoms with Crippen LogP contribution in [0.4, 0.5) is 0 Å². The van der Waals surface area contributed by atoms with Crippen molar-refractivity contribution in [3.8, 4) is 0 Å². The van der Waals surface area contributed by atoms with Crippen molar-refractivity contribution < 1.29 is 0 Å². The van der Waals surface area contributed by atoms with E-state index in [0.717, 1.165) is 0 Å². The second-order valence-corrected chi connectivity index (χ2v) is 4.07. The predicted octanol–water partition coefficient (Wildman–Crippen LogP) is 2.11. The van der Waals surface area contributed by atoms with Crippen molar-refractivity contribution in [2.75, 3.05) is 26.7 Å². The number of unbranched alkanes of at least 4 members (excludes halogenated alkanes) is 2. The molecule has 0 aromatic rings. The van der Waals surface area contributed by atoms with Gasteiger partial charge in [-0.1, -0.05) is 27.2 Å². The van der Waals surface area contributed by atoms with Gasteiger partial charge in [0.05, 0.1) is 0 Å². The summed E-state index contributed by atoms with van der Waals surface area (Å²) in [4.78, 5) is 2.37. The zero-order valence-corrected chi connectivity index (χ0v) is 9.77. The van der Waals surface area contributed by atoms with Crippen LogP contribution in [0.1, 0.15) is 40.0 Å². The Morgan fingerprint density at radius 3 is 2.38 bits per heavy atom. The van der Waals surface area contributed by atoms with Crippen LogP contribution in [-0.4, -0.2) is 37.6 Å². The molecule has 0 bridgehead atoms. The quantitative estimate of drug-likeness (QED) is 0.584. The van der Waals surface area contributed by atoms with Gasteiger partial charge in [0.2, 0.25) is 0 Å². The summed E-state index contributed by atoms with van der Waals surface area (Å²) in [5.74, 6) is 0. The number of hydrogen-bond acceptors (Lipinski definition) is 2. The minimum atomic E-state index is 0.637. The molecule has 0 aromatic heterocycles. The van der Waals surface area contributed by atoms with Crippen LogP contribution >= 0.6 is 0 Å². The average Bonchev–Trinajstić information content (AvgIpc) is 2.10. The third kappa shape index (κ3) is 9.84. The van der Waals surface area contributed by atoms with E-state index in [2.05, 4.69) is 38.0 Å². The molecule has 0 saturated heterocycles. The van der Waals surface area contributed by atoms with Crippen molar-refractivity contribution in [3.05, 3.63) is 0 Å². The zero-order valence-electron chi connectivity index (χ0n) is 9.77. The Balaban J connectivity index is 2.99. The van der Waals surface area contributed by atoms with E-state index in [4.69, 9.17) is 0 Å². The van der Waals surface area contributed by atoms with Gasteiger partial charge in [0.15, 0.2) is 0 Å². The minimum Gasteiger partial charge on any atom is -0.315 e. The molecule has 13 heavy (non-hydrogen) atoms. The van der Waals surface area contributed by atoms with Gasteiger partial charge in [-0.2, -0.15) is 0 Å². The lowest BCUT2D eigenvalue weighted by Gasteiger charge is -2.13. The van der Waals surface area contributed by atoms with Gasteiger partial charge in [0.1, 0.15) is 0 Å². The van der Waals surface area contributed by atoms with E-state index < -0.39 is 0 Å². The summed E-state index contributed by atoms with van der Waals surface area (Å²) in [6.45, 7) is 10.2. The maximum absolute atomic E-state index is 3.43. The molecule has 2 nitrogen and oxygen atoms in total. The van der Waals surface area contributed by atoms with Gasteiger partial charge in [0, 0.05) is 6.04 Å². The summed E-state index contributed by atoms with van der Waals surface area (Å²) in [6, 6.07) is 0.637. The van der Waals surface area contributed by atoms with Crippen molar-refractivity contribution in [3.63, 3.8) is 0 Å². The highest BCUT2D eigenvalue weighted by Gasteiger charge is 1.95. The molecule has 2 heteroatoms. The van der Waals surface area contributed by atoms with E-state index in [1.165, 1.54) is 38.9 Å². The van der Waals surface area contributed by atoms with Crippen LogP contribution in [0.25, 0.3) is 0 Å². The van der Waals surface area contributed by atoms with E-state index >= 15 is 0 Å². The Hall–Kier alpha value is -0.0800. The normalized spacial score (nSPS) is 11.5. The summed E-state index contributed by atoms with van der Waals surface area (Å²) >= 11 is 0. The maximum Gasteiger partial charge on any atom is 0.00103 e. The van der Waals surface area contributed by atoms with Crippen LogP contribution < -0.4 is 5.32 Å². The molecule has 0 aromatic carbocycles. The fraction of sp³-hybridized carbons (Fsp3) is 1.00. The first-order valence-corrected chi connectivity index (χ1v) is 5.58. The molecule has 0 fully saturated rings. The molecule has 0 unspecified atom stereocenters. The van der Waals surface area contributed by atoms with Crippen LogP contribution in [0.15, 0.2) is 0 Å². The van der Waals surface area contributed by atoms with Crippen molar-refractivity contribution in [1.29, 1.82) is 0 Å². The summed E-state index contributed by atoms with van der Waals surface area (Å²) in [5, 5.41) is 3.43. The number of hydrogen-bond donors (Lipinski definition) is 1. The Bertz CT molecular complexity index is 102. The molecular formula is C11H26N2. The highest BCUT2D eigenvalue weighted by molar-refractivity contribution is 4.54. The smallest absolute Gasteiger partial charge is 0.00103 e. The molecule has 0 spiro atoms. The first-order chi connectivity index (χ1) is 6.16. The monoisotopic (exact) mass is 186 g/mol. The summed E-state index contributed by atoms with van der Waals surface area (Å²) in [5.41, 5.74) is 0. The summed E-state index contributed by atoms with van der Waals surface area (Å²) in [7, 11) is 2.19. The second-order valence-electron chi connectivity index (χ2n) is 4.07. The third-order valence-electron chi connectivity index (χ3n) is 2.31. The van der Waals surface area contributed by atoms with E-state index in [1.807, 2.05) is 0 Å². The molecule has 0 aliphatic rings. The van der Waals surface area contributed by atoms with Gasteiger partial charge in [-0.25, -0.2) is 0 Å². The van der Waals surface area contributed by atoms with Gasteiger partial charge >= 0.3 is 0 Å². The lowest BCUT2D eigenvalue weighted by molar-refractivity contribution is 0.340. The van der Waals surface area contributed by atoms with Crippen LogP contribution in [0.5, 0.6) is 0 Å². The molecule has 0 rings (SSSR count). The number of rotatable bonds is 8. The number of nitrogens with zero attached hydrogens (tertiary/aromatic N) is 1. The lowest BCUT2D eigenvalue weighted by atomic mass is 10.2.